The van der Waals surface area contributed by atoms with E-state index in [4.69, 9.17) is 4.74 Å². The maximum atomic E-state index is 12.5. The fourth-order valence-corrected chi connectivity index (χ4v) is 6.40. The molecule has 0 amide bonds. The van der Waals surface area contributed by atoms with Crippen molar-refractivity contribution in [2.45, 2.75) is 32.6 Å². The maximum absolute atomic E-state index is 12.5. The molecule has 8 heteroatoms. The maximum Gasteiger partial charge on any atom is 0.338 e. The van der Waals surface area contributed by atoms with Gasteiger partial charge >= 0.3 is 5.97 Å². The Hall–Kier alpha value is -1.67. The number of nitrogens with zero attached hydrogens (tertiary/aromatic N) is 2. The summed E-state index contributed by atoms with van der Waals surface area (Å²) in [7, 11) is -4.96. The topological polar surface area (TPSA) is 78.3 Å². The molecular formula is C15H22N2O4SSi-. The lowest BCUT2D eigenvalue weighted by Gasteiger charge is -2.26. The second kappa shape index (κ2) is 6.44. The van der Waals surface area contributed by atoms with Crippen molar-refractivity contribution < 1.29 is 17.9 Å². The molecule has 0 aliphatic carbocycles. The van der Waals surface area contributed by atoms with Gasteiger partial charge in [-0.1, -0.05) is 0 Å². The second-order valence-corrected chi connectivity index (χ2v) is 14.1. The van der Waals surface area contributed by atoms with Gasteiger partial charge in [0.2, 0.25) is 0 Å². The molecule has 23 heavy (non-hydrogen) atoms. The standard InChI is InChI=1S/C15H22N2O4SSi/c1-5-21-15(18)12-6-7-14-13(10-12)11-16-17(14)22(19,20)8-9-23(2,3)4/h6-7,10-11H,5,8-9H2,1-4H3/q-1. The lowest BCUT2D eigenvalue weighted by molar-refractivity contribution is 0.0526. The van der Waals surface area contributed by atoms with E-state index >= 15 is 0 Å². The highest BCUT2D eigenvalue weighted by molar-refractivity contribution is 7.90. The van der Waals surface area contributed by atoms with Crippen LogP contribution in [0.5, 0.6) is 0 Å². The van der Waals surface area contributed by atoms with Gasteiger partial charge in [-0.2, -0.15) is 28.8 Å². The third kappa shape index (κ3) is 4.20. The molecule has 0 unspecified atom stereocenters. The van der Waals surface area contributed by atoms with Crippen LogP contribution < -0.4 is 0 Å². The van der Waals surface area contributed by atoms with Crippen molar-refractivity contribution in [2.75, 3.05) is 12.4 Å². The average Bonchev–Trinajstić information content (AvgIpc) is 2.88. The Morgan fingerprint density at radius 1 is 1.30 bits per heavy atom. The van der Waals surface area contributed by atoms with E-state index in [0.717, 1.165) is 4.09 Å². The molecule has 2 rings (SSSR count). The highest BCUT2D eigenvalue weighted by atomic mass is 32.2. The number of fused-ring (bicyclic) bond motifs is 1. The monoisotopic (exact) mass is 354 g/mol. The van der Waals surface area contributed by atoms with Gasteiger partial charge in [-0.3, -0.25) is 0 Å². The Balaban J connectivity index is 2.35. The number of hydrogen-bond donors (Lipinski definition) is 0. The minimum absolute atomic E-state index is 0.0825. The molecule has 127 valence electrons. The summed E-state index contributed by atoms with van der Waals surface area (Å²) in [5.74, 6) is -0.345. The third-order valence-electron chi connectivity index (χ3n) is 3.42. The van der Waals surface area contributed by atoms with Gasteiger partial charge in [0.1, 0.15) is 0 Å². The van der Waals surface area contributed by atoms with Crippen molar-refractivity contribution in [3.8, 4) is 0 Å². The van der Waals surface area contributed by atoms with Gasteiger partial charge in [0.15, 0.2) is 0 Å². The van der Waals surface area contributed by atoms with Gasteiger partial charge < -0.3 is 4.74 Å². The highest BCUT2D eigenvalue weighted by Crippen LogP contribution is 2.20. The van der Waals surface area contributed by atoms with Gasteiger partial charge in [0.25, 0.3) is 10.0 Å². The molecule has 6 nitrogen and oxygen atoms in total. The molecule has 0 radical (unpaired) electrons. The Kier molecular flexibility index (Phi) is 4.95. The summed E-state index contributed by atoms with van der Waals surface area (Å²) in [6.07, 6.45) is 1.46. The Morgan fingerprint density at radius 2 is 2.00 bits per heavy atom. The van der Waals surface area contributed by atoms with Crippen molar-refractivity contribution in [1.29, 1.82) is 0 Å². The first-order valence-electron chi connectivity index (χ1n) is 7.52. The summed E-state index contributed by atoms with van der Waals surface area (Å²) in [5.41, 5.74) is 0.868. The van der Waals surface area contributed by atoms with Crippen LogP contribution >= 0.6 is 0 Å². The zero-order chi connectivity index (χ0) is 17.3. The summed E-state index contributed by atoms with van der Waals surface area (Å²) >= 11 is 0. The van der Waals surface area contributed by atoms with E-state index in [9.17, 15) is 13.2 Å². The van der Waals surface area contributed by atoms with E-state index < -0.39 is 24.1 Å². The van der Waals surface area contributed by atoms with Gasteiger partial charge in [-0.05, 0) is 25.1 Å². The number of aromatic nitrogens is 2. The van der Waals surface area contributed by atoms with Crippen LogP contribution in [0.25, 0.3) is 10.9 Å². The molecule has 0 spiro atoms. The number of benzene rings is 1. The first-order chi connectivity index (χ1) is 10.6. The van der Waals surface area contributed by atoms with Gasteiger partial charge in [0.05, 0.1) is 23.9 Å². The largest absolute Gasteiger partial charge is 0.462 e. The summed E-state index contributed by atoms with van der Waals surface area (Å²) < 4.78 is 31.0. The molecule has 0 fully saturated rings. The fourth-order valence-electron chi connectivity index (χ4n) is 2.09. The summed E-state index contributed by atoms with van der Waals surface area (Å²) in [5, 5.41) is 4.61. The quantitative estimate of drug-likeness (QED) is 0.589. The molecule has 0 aliphatic rings. The highest BCUT2D eigenvalue weighted by Gasteiger charge is 2.19. The minimum Gasteiger partial charge on any atom is -0.462 e. The third-order valence-corrected chi connectivity index (χ3v) is 7.07. The van der Waals surface area contributed by atoms with Crippen molar-refractivity contribution in [3.05, 3.63) is 30.0 Å². The number of ether oxygens (including phenoxy) is 1. The van der Waals surface area contributed by atoms with Crippen LogP contribution in [0.1, 0.15) is 17.3 Å². The zero-order valence-electron chi connectivity index (χ0n) is 13.9. The van der Waals surface area contributed by atoms with Crippen molar-refractivity contribution in [2.24, 2.45) is 0 Å². The average molecular weight is 355 g/mol. The summed E-state index contributed by atoms with van der Waals surface area (Å²) in [6, 6.07) is 5.44. The molecule has 0 saturated carbocycles. The normalized spacial score (nSPS) is 12.5. The van der Waals surface area contributed by atoms with E-state index in [1.807, 2.05) is 0 Å². The number of carbonyl (C=O) groups excluding carboxylic acids is 1. The van der Waals surface area contributed by atoms with Gasteiger partial charge in [-0.15, -0.1) is 14.1 Å². The van der Waals surface area contributed by atoms with E-state index in [-0.39, 0.29) is 5.75 Å². The van der Waals surface area contributed by atoms with E-state index in [1.54, 1.807) is 25.1 Å². The predicted octanol–water partition coefficient (Wildman–Crippen LogP) is 2.73. The zero-order valence-corrected chi connectivity index (χ0v) is 15.7. The van der Waals surface area contributed by atoms with Crippen LogP contribution in [0.4, 0.5) is 0 Å². The fraction of sp³-hybridized carbons (Fsp3) is 0.467. The number of carbonyl (C=O) groups is 1. The van der Waals surface area contributed by atoms with E-state index in [1.165, 1.54) is 6.20 Å². The Bertz CT molecular complexity index is 822. The molecule has 0 bridgehead atoms. The van der Waals surface area contributed by atoms with Crippen LogP contribution in [0.3, 0.4) is 0 Å². The number of rotatable bonds is 6. The molecule has 2 aromatic rings. The van der Waals surface area contributed by atoms with Crippen LogP contribution in [0.15, 0.2) is 24.4 Å². The predicted molar refractivity (Wildman–Crippen MR) is 93.0 cm³/mol. The first-order valence-corrected chi connectivity index (χ1v) is 12.8. The lowest BCUT2D eigenvalue weighted by atomic mass is 10.2. The van der Waals surface area contributed by atoms with E-state index in [0.29, 0.717) is 29.1 Å². The molecule has 0 aliphatic heterocycles. The number of hydrogen-bond acceptors (Lipinski definition) is 5. The van der Waals surface area contributed by atoms with Crippen molar-refractivity contribution >= 4 is 35.0 Å². The molecule has 0 atom stereocenters. The van der Waals surface area contributed by atoms with Gasteiger partial charge in [0, 0.05) is 11.1 Å². The molecule has 1 aromatic carbocycles. The smallest absolute Gasteiger partial charge is 0.338 e. The lowest BCUT2D eigenvalue weighted by Crippen LogP contribution is -2.27. The Morgan fingerprint density at radius 3 is 2.61 bits per heavy atom. The molecular weight excluding hydrogens is 332 g/mol. The van der Waals surface area contributed by atoms with Gasteiger partial charge in [-0.25, -0.2) is 13.2 Å². The van der Waals surface area contributed by atoms with E-state index in [2.05, 4.69) is 24.7 Å². The molecule has 1 aromatic heterocycles. The summed E-state index contributed by atoms with van der Waals surface area (Å²) in [6.45, 7) is 8.43. The second-order valence-electron chi connectivity index (χ2n) is 6.61. The SMILES string of the molecule is CCOC(=O)c1ccc2c(cnn2S(=O)(=O)CC[Si-](C)(C)C)c1. The summed E-state index contributed by atoms with van der Waals surface area (Å²) in [4.78, 5) is 11.7. The molecule has 0 saturated heterocycles. The number of esters is 1. The van der Waals surface area contributed by atoms with Crippen LogP contribution in [-0.2, 0) is 14.8 Å². The van der Waals surface area contributed by atoms with Crippen LogP contribution in [0.2, 0.25) is 25.7 Å². The van der Waals surface area contributed by atoms with Crippen LogP contribution in [-0.4, -0.2) is 44.0 Å². The van der Waals surface area contributed by atoms with Crippen molar-refractivity contribution in [1.82, 2.24) is 9.19 Å². The Labute approximate surface area is 137 Å². The van der Waals surface area contributed by atoms with Crippen molar-refractivity contribution in [3.63, 3.8) is 0 Å². The molecule has 1 heterocycles. The minimum atomic E-state index is -3.50. The molecule has 0 N–H and O–H groups in total. The van der Waals surface area contributed by atoms with Crippen LogP contribution in [0, 0.1) is 0 Å². The first kappa shape index (κ1) is 17.7.